The summed E-state index contributed by atoms with van der Waals surface area (Å²) in [5.74, 6) is 0.200. The summed E-state index contributed by atoms with van der Waals surface area (Å²) in [7, 11) is -3.97. The molecule has 0 aliphatic carbocycles. The molecule has 4 N–H and O–H groups in total. The Morgan fingerprint density at radius 3 is 2.43 bits per heavy atom. The lowest BCUT2D eigenvalue weighted by Crippen LogP contribution is -2.33. The average Bonchev–Trinajstić information content (AvgIpc) is 3.05. The fraction of sp³-hybridized carbons (Fsp3) is 0.333. The number of rotatable bonds is 8. The molecule has 9 heteroatoms. The van der Waals surface area contributed by atoms with Gasteiger partial charge in [-0.15, -0.1) is 0 Å². The first-order valence-corrected chi connectivity index (χ1v) is 11.3. The van der Waals surface area contributed by atoms with E-state index in [1.165, 1.54) is 18.2 Å². The first-order chi connectivity index (χ1) is 14.2. The SMILES string of the molecule is CC(C)CCC(C)NC(=O)c1ccccc1NS(=O)(=O)c1ccc2[nH]c(=O)[nH]c2c1. The fourth-order valence-corrected chi connectivity index (χ4v) is 4.22. The number of carbonyl (C=O) groups is 1. The highest BCUT2D eigenvalue weighted by Gasteiger charge is 2.20. The summed E-state index contributed by atoms with van der Waals surface area (Å²) >= 11 is 0. The second-order valence-electron chi connectivity index (χ2n) is 7.78. The van der Waals surface area contributed by atoms with Gasteiger partial charge in [-0.25, -0.2) is 13.2 Å². The van der Waals surface area contributed by atoms with Gasteiger partial charge in [0.25, 0.3) is 15.9 Å². The number of hydrogen-bond donors (Lipinski definition) is 4. The van der Waals surface area contributed by atoms with Gasteiger partial charge in [-0.1, -0.05) is 26.0 Å². The quantitative estimate of drug-likeness (QED) is 0.438. The molecule has 1 amide bonds. The van der Waals surface area contributed by atoms with Gasteiger partial charge >= 0.3 is 5.69 Å². The van der Waals surface area contributed by atoms with E-state index in [0.717, 1.165) is 12.8 Å². The van der Waals surface area contributed by atoms with Crippen LogP contribution >= 0.6 is 0 Å². The number of H-pyrrole nitrogens is 2. The molecule has 1 aromatic heterocycles. The third-order valence-corrected chi connectivity index (χ3v) is 6.13. The zero-order chi connectivity index (χ0) is 21.9. The van der Waals surface area contributed by atoms with Crippen LogP contribution < -0.4 is 15.7 Å². The van der Waals surface area contributed by atoms with Crippen LogP contribution in [0.5, 0.6) is 0 Å². The Bertz CT molecular complexity index is 1210. The summed E-state index contributed by atoms with van der Waals surface area (Å²) in [4.78, 5) is 29.2. The standard InChI is InChI=1S/C21H26N4O4S/c1-13(2)8-9-14(3)22-20(26)16-6-4-5-7-17(16)25-30(28,29)15-10-11-18-19(12-15)24-21(27)23-18/h4-7,10-14,25H,8-9H2,1-3H3,(H,22,26)(H2,23,24,27). The maximum Gasteiger partial charge on any atom is 0.323 e. The highest BCUT2D eigenvalue weighted by Crippen LogP contribution is 2.22. The van der Waals surface area contributed by atoms with Crippen molar-refractivity contribution < 1.29 is 13.2 Å². The molecule has 0 fully saturated rings. The van der Waals surface area contributed by atoms with Gasteiger partial charge in [0, 0.05) is 6.04 Å². The Labute approximate surface area is 175 Å². The van der Waals surface area contributed by atoms with Gasteiger partial charge in [0.15, 0.2) is 0 Å². The van der Waals surface area contributed by atoms with E-state index in [2.05, 4.69) is 33.9 Å². The van der Waals surface area contributed by atoms with Crippen molar-refractivity contribution in [2.45, 2.75) is 44.6 Å². The Kier molecular flexibility index (Phi) is 6.31. The molecule has 0 spiro atoms. The van der Waals surface area contributed by atoms with Gasteiger partial charge in [0.05, 0.1) is 27.2 Å². The van der Waals surface area contributed by atoms with Crippen molar-refractivity contribution in [2.75, 3.05) is 4.72 Å². The predicted octanol–water partition coefficient (Wildman–Crippen LogP) is 3.21. The number of carbonyl (C=O) groups excluding carboxylic acids is 1. The molecule has 0 aliphatic heterocycles. The Hall–Kier alpha value is -3.07. The van der Waals surface area contributed by atoms with Crippen molar-refractivity contribution in [3.05, 3.63) is 58.5 Å². The first kappa shape index (κ1) is 21.6. The molecule has 1 unspecified atom stereocenters. The average molecular weight is 431 g/mol. The molecule has 0 saturated heterocycles. The molecular weight excluding hydrogens is 404 g/mol. The second-order valence-corrected chi connectivity index (χ2v) is 9.47. The van der Waals surface area contributed by atoms with Crippen molar-refractivity contribution in [3.8, 4) is 0 Å². The summed E-state index contributed by atoms with van der Waals surface area (Å²) in [5, 5.41) is 2.93. The molecule has 3 rings (SSSR count). The van der Waals surface area contributed by atoms with Crippen LogP contribution in [-0.4, -0.2) is 30.3 Å². The first-order valence-electron chi connectivity index (χ1n) is 9.80. The van der Waals surface area contributed by atoms with E-state index >= 15 is 0 Å². The largest absolute Gasteiger partial charge is 0.350 e. The smallest absolute Gasteiger partial charge is 0.323 e. The third-order valence-electron chi connectivity index (χ3n) is 4.77. The monoisotopic (exact) mass is 430 g/mol. The highest BCUT2D eigenvalue weighted by atomic mass is 32.2. The van der Waals surface area contributed by atoms with Crippen LogP contribution in [0.4, 0.5) is 5.69 Å². The number of fused-ring (bicyclic) bond motifs is 1. The lowest BCUT2D eigenvalue weighted by atomic mass is 10.0. The third kappa shape index (κ3) is 5.10. The summed E-state index contributed by atoms with van der Waals surface area (Å²) < 4.78 is 28.3. The van der Waals surface area contributed by atoms with Crippen molar-refractivity contribution in [1.82, 2.24) is 15.3 Å². The Balaban J connectivity index is 1.82. The number of nitrogens with one attached hydrogen (secondary N) is 4. The predicted molar refractivity (Wildman–Crippen MR) is 117 cm³/mol. The lowest BCUT2D eigenvalue weighted by Gasteiger charge is -2.17. The zero-order valence-corrected chi connectivity index (χ0v) is 18.0. The van der Waals surface area contributed by atoms with Gasteiger partial charge in [-0.2, -0.15) is 0 Å². The molecule has 1 heterocycles. The fourth-order valence-electron chi connectivity index (χ4n) is 3.11. The van der Waals surface area contributed by atoms with Gasteiger partial charge in [-0.3, -0.25) is 9.52 Å². The number of anilines is 1. The summed E-state index contributed by atoms with van der Waals surface area (Å²) in [5.41, 5.74) is 0.908. The second kappa shape index (κ2) is 8.74. The van der Waals surface area contributed by atoms with E-state index < -0.39 is 15.7 Å². The lowest BCUT2D eigenvalue weighted by molar-refractivity contribution is 0.0938. The molecule has 0 bridgehead atoms. The number of sulfonamides is 1. The molecule has 0 radical (unpaired) electrons. The zero-order valence-electron chi connectivity index (χ0n) is 17.2. The number of benzene rings is 2. The highest BCUT2D eigenvalue weighted by molar-refractivity contribution is 7.92. The maximum atomic E-state index is 12.9. The summed E-state index contributed by atoms with van der Waals surface area (Å²) in [6.07, 6.45) is 1.83. The molecule has 0 aliphatic rings. The van der Waals surface area contributed by atoms with Gasteiger partial charge in [-0.05, 0) is 56.0 Å². The van der Waals surface area contributed by atoms with Crippen molar-refractivity contribution in [3.63, 3.8) is 0 Å². The Morgan fingerprint density at radius 1 is 1.00 bits per heavy atom. The Morgan fingerprint density at radius 2 is 1.70 bits per heavy atom. The van der Waals surface area contributed by atoms with E-state index in [1.807, 2.05) is 6.92 Å². The topological polar surface area (TPSA) is 124 Å². The molecule has 0 saturated carbocycles. The number of amides is 1. The normalized spacial score (nSPS) is 12.8. The minimum atomic E-state index is -3.97. The van der Waals surface area contributed by atoms with Crippen LogP contribution in [-0.2, 0) is 10.0 Å². The van der Waals surface area contributed by atoms with Crippen LogP contribution in [0.15, 0.2) is 52.2 Å². The number of aromatic nitrogens is 2. The molecule has 3 aromatic rings. The summed E-state index contributed by atoms with van der Waals surface area (Å²) in [6, 6.07) is 10.7. The van der Waals surface area contributed by atoms with E-state index in [9.17, 15) is 18.0 Å². The van der Waals surface area contributed by atoms with Crippen LogP contribution in [0.1, 0.15) is 44.0 Å². The molecule has 2 aromatic carbocycles. The van der Waals surface area contributed by atoms with E-state index in [0.29, 0.717) is 17.0 Å². The van der Waals surface area contributed by atoms with Crippen LogP contribution in [0.2, 0.25) is 0 Å². The summed E-state index contributed by atoms with van der Waals surface area (Å²) in [6.45, 7) is 6.18. The maximum absolute atomic E-state index is 12.9. The molecule has 30 heavy (non-hydrogen) atoms. The van der Waals surface area contributed by atoms with Crippen LogP contribution in [0.3, 0.4) is 0 Å². The molecule has 8 nitrogen and oxygen atoms in total. The van der Waals surface area contributed by atoms with Gasteiger partial charge in [0.2, 0.25) is 0 Å². The van der Waals surface area contributed by atoms with Crippen molar-refractivity contribution in [2.24, 2.45) is 5.92 Å². The van der Waals surface area contributed by atoms with E-state index in [1.54, 1.807) is 24.3 Å². The number of imidazole rings is 1. The van der Waals surface area contributed by atoms with Gasteiger partial charge in [0.1, 0.15) is 0 Å². The van der Waals surface area contributed by atoms with Crippen LogP contribution in [0.25, 0.3) is 11.0 Å². The van der Waals surface area contributed by atoms with Crippen LogP contribution in [0, 0.1) is 5.92 Å². The van der Waals surface area contributed by atoms with Crippen molar-refractivity contribution >= 4 is 32.7 Å². The number of hydrogen-bond acceptors (Lipinski definition) is 4. The number of aromatic amines is 2. The number of para-hydroxylation sites is 1. The van der Waals surface area contributed by atoms with E-state index in [-0.39, 0.29) is 28.1 Å². The minimum absolute atomic E-state index is 0.0224. The molecular formula is C21H26N4O4S. The minimum Gasteiger partial charge on any atom is -0.350 e. The van der Waals surface area contributed by atoms with Crippen molar-refractivity contribution in [1.29, 1.82) is 0 Å². The molecule has 1 atom stereocenters. The molecule has 160 valence electrons. The van der Waals surface area contributed by atoms with E-state index in [4.69, 9.17) is 0 Å². The van der Waals surface area contributed by atoms with Gasteiger partial charge < -0.3 is 15.3 Å².